The van der Waals surface area contributed by atoms with E-state index >= 15 is 0 Å². The van der Waals surface area contributed by atoms with Crippen LogP contribution < -0.4 is 10.6 Å². The zero-order chi connectivity index (χ0) is 13.0. The molecule has 1 saturated carbocycles. The normalized spacial score (nSPS) is 23.7. The van der Waals surface area contributed by atoms with Gasteiger partial charge in [0.25, 0.3) is 5.91 Å². The van der Waals surface area contributed by atoms with Crippen LogP contribution >= 0.6 is 11.3 Å². The number of nitrogens with zero attached hydrogens (tertiary/aromatic N) is 2. The quantitative estimate of drug-likeness (QED) is 0.760. The zero-order valence-corrected chi connectivity index (χ0v) is 11.2. The first kappa shape index (κ1) is 13.2. The third kappa shape index (κ3) is 3.39. The van der Waals surface area contributed by atoms with Crippen LogP contribution in [0.4, 0.5) is 5.13 Å². The summed E-state index contributed by atoms with van der Waals surface area (Å²) in [6.45, 7) is 2.73. The molecule has 7 heteroatoms. The van der Waals surface area contributed by atoms with Crippen LogP contribution in [-0.2, 0) is 0 Å². The number of aromatic nitrogens is 2. The minimum Gasteiger partial charge on any atom is -0.393 e. The summed E-state index contributed by atoms with van der Waals surface area (Å²) < 4.78 is 0. The highest BCUT2D eigenvalue weighted by Crippen LogP contribution is 2.20. The average Bonchev–Trinajstić information content (AvgIpc) is 2.81. The van der Waals surface area contributed by atoms with Crippen molar-refractivity contribution in [3.8, 4) is 0 Å². The van der Waals surface area contributed by atoms with E-state index in [0.717, 1.165) is 32.2 Å². The molecule has 18 heavy (non-hydrogen) atoms. The number of hydrogen-bond donors (Lipinski definition) is 3. The lowest BCUT2D eigenvalue weighted by atomic mass is 9.93. The predicted octanol–water partition coefficient (Wildman–Crippen LogP) is 1.00. The monoisotopic (exact) mass is 270 g/mol. The summed E-state index contributed by atoms with van der Waals surface area (Å²) in [7, 11) is 0. The number of carbonyl (C=O) groups excluding carboxylic acids is 1. The van der Waals surface area contributed by atoms with Crippen LogP contribution in [0.3, 0.4) is 0 Å². The van der Waals surface area contributed by atoms with Crippen LogP contribution in [0.15, 0.2) is 0 Å². The lowest BCUT2D eigenvalue weighted by Crippen LogP contribution is -2.38. The maximum absolute atomic E-state index is 11.9. The van der Waals surface area contributed by atoms with Gasteiger partial charge >= 0.3 is 0 Å². The van der Waals surface area contributed by atoms with Crippen LogP contribution in [0.2, 0.25) is 0 Å². The van der Waals surface area contributed by atoms with E-state index in [-0.39, 0.29) is 18.1 Å². The van der Waals surface area contributed by atoms with Gasteiger partial charge in [-0.2, -0.15) is 0 Å². The molecule has 1 aliphatic rings. The highest BCUT2D eigenvalue weighted by molar-refractivity contribution is 7.17. The molecule has 6 nitrogen and oxygen atoms in total. The van der Waals surface area contributed by atoms with Gasteiger partial charge in [0.15, 0.2) is 0 Å². The number of carbonyl (C=O) groups is 1. The molecular formula is C11H18N4O2S. The molecular weight excluding hydrogens is 252 g/mol. The Hall–Kier alpha value is -1.21. The third-order valence-corrected chi connectivity index (χ3v) is 3.86. The fraction of sp³-hybridized carbons (Fsp3) is 0.727. The number of rotatable bonds is 4. The van der Waals surface area contributed by atoms with Gasteiger partial charge in [0.1, 0.15) is 0 Å². The van der Waals surface area contributed by atoms with Crippen LogP contribution in [0.5, 0.6) is 0 Å². The van der Waals surface area contributed by atoms with Crippen molar-refractivity contribution in [1.82, 2.24) is 15.5 Å². The first-order valence-electron chi connectivity index (χ1n) is 6.25. The summed E-state index contributed by atoms with van der Waals surface area (Å²) >= 11 is 1.26. The van der Waals surface area contributed by atoms with Crippen LogP contribution in [0, 0.1) is 0 Å². The maximum Gasteiger partial charge on any atom is 0.282 e. The van der Waals surface area contributed by atoms with Crippen molar-refractivity contribution in [3.63, 3.8) is 0 Å². The Bertz CT molecular complexity index is 402. The van der Waals surface area contributed by atoms with Gasteiger partial charge in [-0.1, -0.05) is 11.3 Å². The molecule has 0 bridgehead atoms. The van der Waals surface area contributed by atoms with E-state index in [1.165, 1.54) is 11.3 Å². The Labute approximate surface area is 110 Å². The largest absolute Gasteiger partial charge is 0.393 e. The SMILES string of the molecule is CCNc1nnc(C(=O)NC2CCC(O)CC2)s1. The van der Waals surface area contributed by atoms with Crippen molar-refractivity contribution < 1.29 is 9.90 Å². The molecule has 0 saturated heterocycles. The molecule has 1 aromatic heterocycles. The second kappa shape index (κ2) is 6.10. The maximum atomic E-state index is 11.9. The molecule has 1 aliphatic carbocycles. The van der Waals surface area contributed by atoms with Gasteiger partial charge in [-0.15, -0.1) is 10.2 Å². The summed E-state index contributed by atoms with van der Waals surface area (Å²) in [5, 5.41) is 24.2. The predicted molar refractivity (Wildman–Crippen MR) is 69.8 cm³/mol. The number of hydrogen-bond acceptors (Lipinski definition) is 6. The molecule has 0 spiro atoms. The lowest BCUT2D eigenvalue weighted by molar-refractivity contribution is 0.0866. The summed E-state index contributed by atoms with van der Waals surface area (Å²) in [4.78, 5) is 11.9. The smallest absolute Gasteiger partial charge is 0.282 e. The number of amides is 1. The van der Waals surface area contributed by atoms with Gasteiger partial charge in [-0.05, 0) is 32.6 Å². The van der Waals surface area contributed by atoms with Crippen molar-refractivity contribution in [2.45, 2.75) is 44.8 Å². The summed E-state index contributed by atoms with van der Waals surface area (Å²) in [6.07, 6.45) is 2.95. The van der Waals surface area contributed by atoms with Crippen molar-refractivity contribution >= 4 is 22.4 Å². The molecule has 0 atom stereocenters. The minimum absolute atomic E-state index is 0.146. The summed E-state index contributed by atoms with van der Waals surface area (Å²) in [6, 6.07) is 0.146. The molecule has 1 fully saturated rings. The Morgan fingerprint density at radius 3 is 2.78 bits per heavy atom. The second-order valence-corrected chi connectivity index (χ2v) is 5.40. The van der Waals surface area contributed by atoms with Crippen molar-refractivity contribution in [3.05, 3.63) is 5.01 Å². The Morgan fingerprint density at radius 2 is 2.11 bits per heavy atom. The molecule has 2 rings (SSSR count). The molecule has 3 N–H and O–H groups in total. The molecule has 0 aromatic carbocycles. The number of aliphatic hydroxyl groups is 1. The van der Waals surface area contributed by atoms with E-state index in [4.69, 9.17) is 0 Å². The molecule has 0 unspecified atom stereocenters. The number of anilines is 1. The third-order valence-electron chi connectivity index (χ3n) is 2.98. The molecule has 0 aliphatic heterocycles. The molecule has 1 heterocycles. The van der Waals surface area contributed by atoms with E-state index in [2.05, 4.69) is 20.8 Å². The molecule has 1 aromatic rings. The zero-order valence-electron chi connectivity index (χ0n) is 10.3. The van der Waals surface area contributed by atoms with Gasteiger partial charge in [0.2, 0.25) is 10.1 Å². The van der Waals surface area contributed by atoms with Crippen molar-refractivity contribution in [2.75, 3.05) is 11.9 Å². The first-order chi connectivity index (χ1) is 8.69. The van der Waals surface area contributed by atoms with Gasteiger partial charge in [-0.3, -0.25) is 4.79 Å². The van der Waals surface area contributed by atoms with E-state index in [1.54, 1.807) is 0 Å². The average molecular weight is 270 g/mol. The van der Waals surface area contributed by atoms with Crippen LogP contribution in [0.25, 0.3) is 0 Å². The van der Waals surface area contributed by atoms with Crippen LogP contribution in [-0.4, -0.2) is 39.9 Å². The second-order valence-electron chi connectivity index (χ2n) is 4.42. The fourth-order valence-corrected chi connectivity index (χ4v) is 2.72. The Morgan fingerprint density at radius 1 is 1.39 bits per heavy atom. The van der Waals surface area contributed by atoms with E-state index in [1.807, 2.05) is 6.92 Å². The van der Waals surface area contributed by atoms with E-state index in [9.17, 15) is 9.90 Å². The Kier molecular flexibility index (Phi) is 4.48. The van der Waals surface area contributed by atoms with E-state index < -0.39 is 0 Å². The lowest BCUT2D eigenvalue weighted by Gasteiger charge is -2.25. The molecule has 0 radical (unpaired) electrons. The van der Waals surface area contributed by atoms with Crippen LogP contribution in [0.1, 0.15) is 42.4 Å². The Balaban J connectivity index is 1.86. The summed E-state index contributed by atoms with van der Waals surface area (Å²) in [5.41, 5.74) is 0. The van der Waals surface area contributed by atoms with Crippen molar-refractivity contribution in [1.29, 1.82) is 0 Å². The molecule has 1 amide bonds. The van der Waals surface area contributed by atoms with E-state index in [0.29, 0.717) is 10.1 Å². The highest BCUT2D eigenvalue weighted by Gasteiger charge is 2.22. The van der Waals surface area contributed by atoms with Gasteiger partial charge in [0, 0.05) is 12.6 Å². The summed E-state index contributed by atoms with van der Waals surface area (Å²) in [5.74, 6) is -0.168. The number of nitrogens with one attached hydrogen (secondary N) is 2. The van der Waals surface area contributed by atoms with Gasteiger partial charge < -0.3 is 15.7 Å². The van der Waals surface area contributed by atoms with Gasteiger partial charge in [-0.25, -0.2) is 0 Å². The first-order valence-corrected chi connectivity index (χ1v) is 7.07. The van der Waals surface area contributed by atoms with Gasteiger partial charge in [0.05, 0.1) is 6.10 Å². The molecule has 100 valence electrons. The fourth-order valence-electron chi connectivity index (χ4n) is 2.00. The topological polar surface area (TPSA) is 87.1 Å². The minimum atomic E-state index is -0.208. The number of aliphatic hydroxyl groups excluding tert-OH is 1. The van der Waals surface area contributed by atoms with Crippen molar-refractivity contribution in [2.24, 2.45) is 0 Å². The standard InChI is InChI=1S/C11H18N4O2S/c1-2-12-11-15-14-10(18-11)9(17)13-7-3-5-8(16)6-4-7/h7-8,16H,2-6H2,1H3,(H,12,15)(H,13,17). The highest BCUT2D eigenvalue weighted by atomic mass is 32.1.